The van der Waals surface area contributed by atoms with Crippen molar-refractivity contribution in [3.8, 4) is 0 Å². The van der Waals surface area contributed by atoms with E-state index in [4.69, 9.17) is 43.2 Å². The topological polar surface area (TPSA) is 49.4 Å². The maximum atomic E-state index is 6.62. The predicted octanol–water partition coefficient (Wildman–Crippen LogP) is 11.2. The van der Waals surface area contributed by atoms with Crippen molar-refractivity contribution >= 4 is 68.8 Å². The summed E-state index contributed by atoms with van der Waals surface area (Å²) in [5.74, 6) is 0. The fraction of sp³-hybridized carbons (Fsp3) is 0. The van der Waals surface area contributed by atoms with Crippen LogP contribution in [0, 0.1) is 0 Å². The Bertz CT molecular complexity index is 1980. The molecule has 0 saturated carbocycles. The van der Waals surface area contributed by atoms with Crippen molar-refractivity contribution in [3.63, 3.8) is 0 Å². The summed E-state index contributed by atoms with van der Waals surface area (Å²) in [6, 6.07) is 51.2. The van der Waals surface area contributed by atoms with Crippen LogP contribution in [-0.4, -0.2) is 22.8 Å². The quantitative estimate of drug-likeness (QED) is 0.186. The Morgan fingerprint density at radius 2 is 0.543 bits per heavy atom. The number of benzene rings is 6. The molecule has 220 valence electrons. The predicted molar refractivity (Wildman–Crippen MR) is 193 cm³/mol. The summed E-state index contributed by atoms with van der Waals surface area (Å²) in [6.07, 6.45) is 0. The number of rotatable bonds is 4. The molecule has 0 amide bonds. The van der Waals surface area contributed by atoms with Crippen molar-refractivity contribution in [2.24, 2.45) is 20.0 Å². The molecule has 0 aliphatic carbocycles. The first kappa shape index (κ1) is 29.3. The number of aliphatic imine (C=N–C) groups is 4. The summed E-state index contributed by atoms with van der Waals surface area (Å²) in [5.41, 5.74) is 8.74. The Morgan fingerprint density at radius 3 is 0.826 bits per heavy atom. The van der Waals surface area contributed by atoms with Crippen LogP contribution in [0.2, 0.25) is 10.0 Å². The van der Waals surface area contributed by atoms with Gasteiger partial charge in [-0.2, -0.15) is 0 Å². The van der Waals surface area contributed by atoms with Crippen molar-refractivity contribution < 1.29 is 0 Å². The average molecular weight is 634 g/mol. The zero-order chi connectivity index (χ0) is 31.3. The summed E-state index contributed by atoms with van der Waals surface area (Å²) in [4.78, 5) is 21.2. The molecule has 1 aliphatic heterocycles. The normalized spacial score (nSPS) is 13.1. The van der Waals surface area contributed by atoms with Crippen LogP contribution >= 0.6 is 23.2 Å². The highest BCUT2D eigenvalue weighted by atomic mass is 35.5. The van der Waals surface area contributed by atoms with Gasteiger partial charge in [0.2, 0.25) is 0 Å². The summed E-state index contributed by atoms with van der Waals surface area (Å²) in [6.45, 7) is 0. The second kappa shape index (κ2) is 13.3. The molecule has 0 aromatic heterocycles. The van der Waals surface area contributed by atoms with Crippen molar-refractivity contribution in [1.29, 1.82) is 0 Å². The molecule has 4 nitrogen and oxygen atoms in total. The van der Waals surface area contributed by atoms with Crippen molar-refractivity contribution in [3.05, 3.63) is 190 Å². The number of hydrogen-bond donors (Lipinski definition) is 0. The van der Waals surface area contributed by atoms with E-state index in [1.165, 1.54) is 0 Å². The minimum absolute atomic E-state index is 0.550. The van der Waals surface area contributed by atoms with Crippen molar-refractivity contribution in [2.75, 3.05) is 0 Å². The Kier molecular flexibility index (Phi) is 8.46. The van der Waals surface area contributed by atoms with E-state index >= 15 is 0 Å². The molecule has 46 heavy (non-hydrogen) atoms. The SMILES string of the molecule is Clc1ccc2c(c1)N=C(c1ccccc1)C(c1ccccc1)=Nc1ccc(Cl)cc1N=C(c1ccccc1)C(c1ccccc1)=N2. The number of hydrogen-bond acceptors (Lipinski definition) is 4. The molecule has 0 fully saturated rings. The van der Waals surface area contributed by atoms with Gasteiger partial charge in [0, 0.05) is 32.3 Å². The van der Waals surface area contributed by atoms with Crippen LogP contribution in [0.3, 0.4) is 0 Å². The van der Waals surface area contributed by atoms with E-state index in [0.29, 0.717) is 55.6 Å². The van der Waals surface area contributed by atoms with Gasteiger partial charge >= 0.3 is 0 Å². The average Bonchev–Trinajstić information content (AvgIpc) is 3.10. The van der Waals surface area contributed by atoms with Gasteiger partial charge in [-0.25, -0.2) is 20.0 Å². The smallest absolute Gasteiger partial charge is 0.0973 e. The first-order chi connectivity index (χ1) is 22.6. The van der Waals surface area contributed by atoms with E-state index in [0.717, 1.165) is 22.3 Å². The lowest BCUT2D eigenvalue weighted by Gasteiger charge is -2.17. The van der Waals surface area contributed by atoms with Gasteiger partial charge in [0.25, 0.3) is 0 Å². The van der Waals surface area contributed by atoms with Gasteiger partial charge in [0.15, 0.2) is 0 Å². The summed E-state index contributed by atoms with van der Waals surface area (Å²) in [7, 11) is 0. The van der Waals surface area contributed by atoms with Crippen LogP contribution < -0.4 is 0 Å². The van der Waals surface area contributed by atoms with Gasteiger partial charge in [0.1, 0.15) is 0 Å². The van der Waals surface area contributed by atoms with E-state index in [1.807, 2.05) is 158 Å². The minimum atomic E-state index is 0.550. The third-order valence-electron chi connectivity index (χ3n) is 7.44. The van der Waals surface area contributed by atoms with Crippen LogP contribution in [-0.2, 0) is 0 Å². The Balaban J connectivity index is 1.64. The number of halogens is 2. The van der Waals surface area contributed by atoms with E-state index in [2.05, 4.69) is 0 Å². The first-order valence-corrected chi connectivity index (χ1v) is 15.5. The Hall–Kier alpha value is -5.42. The third-order valence-corrected chi connectivity index (χ3v) is 7.91. The highest BCUT2D eigenvalue weighted by Gasteiger charge is 2.21. The van der Waals surface area contributed by atoms with E-state index in [1.54, 1.807) is 0 Å². The second-order valence-electron chi connectivity index (χ2n) is 10.6. The highest BCUT2D eigenvalue weighted by molar-refractivity contribution is 6.55. The number of fused-ring (bicyclic) bond motifs is 2. The lowest BCUT2D eigenvalue weighted by Crippen LogP contribution is -2.18. The lowest BCUT2D eigenvalue weighted by molar-refractivity contribution is 1.40. The first-order valence-electron chi connectivity index (χ1n) is 14.8. The van der Waals surface area contributed by atoms with Gasteiger partial charge in [-0.15, -0.1) is 0 Å². The van der Waals surface area contributed by atoms with Crippen LogP contribution in [0.4, 0.5) is 22.7 Å². The molecule has 6 aromatic rings. The minimum Gasteiger partial charge on any atom is -0.244 e. The molecule has 6 heteroatoms. The standard InChI is InChI=1S/C40H26Cl2N4/c41-31-21-23-33-35(25-31)46-40(30-19-11-4-12-20-30)38(28-15-7-2-8-16-28)44-34-24-22-32(42)26-36(34)45-39(29-17-9-3-10-18-29)37(43-33)27-13-5-1-6-14-27/h1-26H. The van der Waals surface area contributed by atoms with E-state index in [-0.39, 0.29) is 0 Å². The summed E-state index contributed by atoms with van der Waals surface area (Å²) < 4.78 is 0. The van der Waals surface area contributed by atoms with Crippen molar-refractivity contribution in [2.45, 2.75) is 0 Å². The van der Waals surface area contributed by atoms with Crippen LogP contribution in [0.5, 0.6) is 0 Å². The molecular weight excluding hydrogens is 607 g/mol. The molecule has 0 saturated heterocycles. The molecule has 1 aliphatic rings. The van der Waals surface area contributed by atoms with Gasteiger partial charge < -0.3 is 0 Å². The van der Waals surface area contributed by atoms with Gasteiger partial charge in [-0.1, -0.05) is 145 Å². The highest BCUT2D eigenvalue weighted by Crippen LogP contribution is 2.37. The zero-order valence-electron chi connectivity index (χ0n) is 24.6. The molecule has 6 aromatic carbocycles. The van der Waals surface area contributed by atoms with Crippen LogP contribution in [0.15, 0.2) is 178 Å². The monoisotopic (exact) mass is 632 g/mol. The lowest BCUT2D eigenvalue weighted by atomic mass is 9.98. The van der Waals surface area contributed by atoms with Crippen LogP contribution in [0.1, 0.15) is 22.3 Å². The third kappa shape index (κ3) is 6.36. The molecule has 0 bridgehead atoms. The Morgan fingerprint density at radius 1 is 0.283 bits per heavy atom. The number of nitrogens with zero attached hydrogens (tertiary/aromatic N) is 4. The second-order valence-corrected chi connectivity index (χ2v) is 11.4. The van der Waals surface area contributed by atoms with Crippen molar-refractivity contribution in [1.82, 2.24) is 0 Å². The zero-order valence-corrected chi connectivity index (χ0v) is 26.1. The van der Waals surface area contributed by atoms with Gasteiger partial charge in [-0.05, 0) is 36.4 Å². The molecule has 0 N–H and O–H groups in total. The fourth-order valence-corrected chi connectivity index (χ4v) is 5.58. The molecule has 0 unspecified atom stereocenters. The van der Waals surface area contributed by atoms with Gasteiger partial charge in [0.05, 0.1) is 45.6 Å². The van der Waals surface area contributed by atoms with E-state index < -0.39 is 0 Å². The molecular formula is C40H26Cl2N4. The largest absolute Gasteiger partial charge is 0.244 e. The van der Waals surface area contributed by atoms with E-state index in [9.17, 15) is 0 Å². The molecule has 0 spiro atoms. The molecule has 0 radical (unpaired) electrons. The fourth-order valence-electron chi connectivity index (χ4n) is 5.24. The maximum Gasteiger partial charge on any atom is 0.0973 e. The van der Waals surface area contributed by atoms with Crippen LogP contribution in [0.25, 0.3) is 0 Å². The molecule has 0 atom stereocenters. The Labute approximate surface area is 277 Å². The summed E-state index contributed by atoms with van der Waals surface area (Å²) in [5, 5.41) is 1.10. The maximum absolute atomic E-state index is 6.62. The molecule has 7 rings (SSSR count). The van der Waals surface area contributed by atoms with Gasteiger partial charge in [-0.3, -0.25) is 0 Å². The molecule has 1 heterocycles. The summed E-state index contributed by atoms with van der Waals surface area (Å²) >= 11 is 13.2.